The second kappa shape index (κ2) is 6.79. The summed E-state index contributed by atoms with van der Waals surface area (Å²) in [6, 6.07) is 3.59. The lowest BCUT2D eigenvalue weighted by Gasteiger charge is -2.11. The number of hydrogen-bond donors (Lipinski definition) is 2. The highest BCUT2D eigenvalue weighted by atomic mass is 79.9. The van der Waals surface area contributed by atoms with Crippen molar-refractivity contribution in [1.29, 1.82) is 0 Å². The number of nitrogens with one attached hydrogen (secondary N) is 1. The molecule has 0 saturated carbocycles. The van der Waals surface area contributed by atoms with Gasteiger partial charge in [-0.3, -0.25) is 4.79 Å². The Morgan fingerprint density at radius 3 is 2.53 bits per heavy atom. The van der Waals surface area contributed by atoms with E-state index in [1.165, 1.54) is 0 Å². The number of hydrogen-bond acceptors (Lipinski definition) is 2. The maximum Gasteiger partial charge on any atom is 0.416 e. The molecule has 0 saturated heterocycles. The van der Waals surface area contributed by atoms with Crippen molar-refractivity contribution in [3.05, 3.63) is 28.2 Å². The number of carboxylic acid groups (broad SMARTS) is 1. The second-order valence-electron chi connectivity index (χ2n) is 4.00. The van der Waals surface area contributed by atoms with Gasteiger partial charge in [-0.15, -0.1) is 0 Å². The summed E-state index contributed by atoms with van der Waals surface area (Å²) in [6.45, 7) is 0.432. The van der Waals surface area contributed by atoms with E-state index >= 15 is 0 Å². The third-order valence-corrected chi connectivity index (χ3v) is 2.83. The average Bonchev–Trinajstić information content (AvgIpc) is 2.26. The predicted octanol–water partition coefficient (Wildman–Crippen LogP) is 4.13. The first-order valence-corrected chi connectivity index (χ1v) is 6.42. The van der Waals surface area contributed by atoms with Crippen LogP contribution in [0.3, 0.4) is 0 Å². The smallest absolute Gasteiger partial charge is 0.416 e. The molecule has 0 aliphatic rings. The van der Waals surface area contributed by atoms with Gasteiger partial charge >= 0.3 is 12.1 Å². The lowest BCUT2D eigenvalue weighted by molar-refractivity contribution is -0.138. The van der Waals surface area contributed by atoms with Crippen molar-refractivity contribution in [2.75, 3.05) is 11.9 Å². The van der Waals surface area contributed by atoms with Crippen LogP contribution in [-0.2, 0) is 11.0 Å². The Morgan fingerprint density at radius 2 is 1.95 bits per heavy atom. The molecule has 7 heteroatoms. The van der Waals surface area contributed by atoms with E-state index in [2.05, 4.69) is 21.2 Å². The fourth-order valence-corrected chi connectivity index (χ4v) is 1.98. The standard InChI is InChI=1S/C12H13BrF3NO2/c13-9-5-8(12(14,15)16)6-10(7-9)17-4-2-1-3-11(18)19/h5-7,17H,1-4H2,(H,18,19). The monoisotopic (exact) mass is 339 g/mol. The molecular formula is C12H13BrF3NO2. The molecule has 106 valence electrons. The van der Waals surface area contributed by atoms with Gasteiger partial charge in [0.15, 0.2) is 0 Å². The summed E-state index contributed by atoms with van der Waals surface area (Å²) in [7, 11) is 0. The van der Waals surface area contributed by atoms with Crippen LogP contribution in [0.5, 0.6) is 0 Å². The third-order valence-electron chi connectivity index (χ3n) is 2.37. The molecule has 2 N–H and O–H groups in total. The zero-order valence-corrected chi connectivity index (χ0v) is 11.5. The number of carbonyl (C=O) groups is 1. The summed E-state index contributed by atoms with van der Waals surface area (Å²) in [5.74, 6) is -0.873. The first-order valence-electron chi connectivity index (χ1n) is 5.62. The molecule has 0 aliphatic heterocycles. The Kier molecular flexibility index (Phi) is 5.65. The van der Waals surface area contributed by atoms with Crippen LogP contribution in [0.25, 0.3) is 0 Å². The topological polar surface area (TPSA) is 49.3 Å². The molecule has 0 bridgehead atoms. The van der Waals surface area contributed by atoms with E-state index in [-0.39, 0.29) is 6.42 Å². The molecular weight excluding hydrogens is 327 g/mol. The fraction of sp³-hybridized carbons (Fsp3) is 0.417. The van der Waals surface area contributed by atoms with Gasteiger partial charge in [-0.05, 0) is 31.0 Å². The van der Waals surface area contributed by atoms with Crippen LogP contribution >= 0.6 is 15.9 Å². The van der Waals surface area contributed by atoms with Crippen molar-refractivity contribution in [2.24, 2.45) is 0 Å². The highest BCUT2D eigenvalue weighted by molar-refractivity contribution is 9.10. The Balaban J connectivity index is 2.54. The SMILES string of the molecule is O=C(O)CCCCNc1cc(Br)cc(C(F)(F)F)c1. The van der Waals surface area contributed by atoms with Crippen LogP contribution in [0.15, 0.2) is 22.7 Å². The highest BCUT2D eigenvalue weighted by Gasteiger charge is 2.31. The summed E-state index contributed by atoms with van der Waals surface area (Å²) >= 11 is 3.03. The molecule has 0 heterocycles. The molecule has 0 amide bonds. The van der Waals surface area contributed by atoms with Gasteiger partial charge in [-0.2, -0.15) is 13.2 Å². The summed E-state index contributed by atoms with van der Waals surface area (Å²) in [4.78, 5) is 10.3. The summed E-state index contributed by atoms with van der Waals surface area (Å²) in [5.41, 5.74) is -0.369. The van der Waals surface area contributed by atoms with Gasteiger partial charge in [-0.1, -0.05) is 15.9 Å². The number of carboxylic acids is 1. The minimum absolute atomic E-state index is 0.0635. The molecule has 0 spiro atoms. The average molecular weight is 340 g/mol. The zero-order valence-electron chi connectivity index (χ0n) is 9.93. The van der Waals surface area contributed by atoms with Crippen LogP contribution < -0.4 is 5.32 Å². The minimum atomic E-state index is -4.39. The van der Waals surface area contributed by atoms with Gasteiger partial charge in [0.2, 0.25) is 0 Å². The van der Waals surface area contributed by atoms with E-state index in [0.717, 1.165) is 12.1 Å². The Labute approximate surface area is 116 Å². The van der Waals surface area contributed by atoms with Gasteiger partial charge in [0.25, 0.3) is 0 Å². The lowest BCUT2D eigenvalue weighted by Crippen LogP contribution is -2.08. The molecule has 0 fully saturated rings. The Hall–Kier alpha value is -1.24. The van der Waals surface area contributed by atoms with Crippen molar-refractivity contribution in [3.63, 3.8) is 0 Å². The maximum atomic E-state index is 12.6. The molecule has 1 aromatic rings. The Bertz CT molecular complexity index is 449. The number of benzene rings is 1. The van der Waals surface area contributed by atoms with Gasteiger partial charge in [0, 0.05) is 23.1 Å². The van der Waals surface area contributed by atoms with Crippen molar-refractivity contribution in [1.82, 2.24) is 0 Å². The predicted molar refractivity (Wildman–Crippen MR) is 69.1 cm³/mol. The van der Waals surface area contributed by atoms with E-state index in [9.17, 15) is 18.0 Å². The van der Waals surface area contributed by atoms with Crippen molar-refractivity contribution in [3.8, 4) is 0 Å². The molecule has 0 radical (unpaired) electrons. The molecule has 19 heavy (non-hydrogen) atoms. The number of aliphatic carboxylic acids is 1. The van der Waals surface area contributed by atoms with Crippen LogP contribution in [0, 0.1) is 0 Å². The van der Waals surface area contributed by atoms with Crippen LogP contribution in [0.1, 0.15) is 24.8 Å². The largest absolute Gasteiger partial charge is 0.481 e. The van der Waals surface area contributed by atoms with E-state index in [0.29, 0.717) is 29.5 Å². The molecule has 1 rings (SSSR count). The highest BCUT2D eigenvalue weighted by Crippen LogP contribution is 2.33. The number of unbranched alkanes of at least 4 members (excludes halogenated alkanes) is 1. The molecule has 0 atom stereocenters. The molecule has 1 aromatic carbocycles. The first kappa shape index (κ1) is 15.8. The van der Waals surface area contributed by atoms with Crippen molar-refractivity contribution < 1.29 is 23.1 Å². The normalized spacial score (nSPS) is 11.4. The lowest BCUT2D eigenvalue weighted by atomic mass is 10.2. The van der Waals surface area contributed by atoms with Gasteiger partial charge in [0.1, 0.15) is 0 Å². The number of anilines is 1. The van der Waals surface area contributed by atoms with Crippen LogP contribution in [0.2, 0.25) is 0 Å². The number of halogens is 4. The summed E-state index contributed by atoms with van der Waals surface area (Å²) in [6.07, 6.45) is -3.25. The number of alkyl halides is 3. The first-order chi connectivity index (χ1) is 8.79. The third kappa shape index (κ3) is 5.96. The number of rotatable bonds is 6. The quantitative estimate of drug-likeness (QED) is 0.766. The Morgan fingerprint density at radius 1 is 1.26 bits per heavy atom. The molecule has 3 nitrogen and oxygen atoms in total. The van der Waals surface area contributed by atoms with Crippen LogP contribution in [0.4, 0.5) is 18.9 Å². The zero-order chi connectivity index (χ0) is 14.5. The van der Waals surface area contributed by atoms with Crippen LogP contribution in [-0.4, -0.2) is 17.6 Å². The summed E-state index contributed by atoms with van der Waals surface area (Å²) in [5, 5.41) is 11.3. The van der Waals surface area contributed by atoms with E-state index in [1.807, 2.05) is 0 Å². The fourth-order valence-electron chi connectivity index (χ4n) is 1.49. The van der Waals surface area contributed by atoms with Crippen molar-refractivity contribution in [2.45, 2.75) is 25.4 Å². The van der Waals surface area contributed by atoms with Gasteiger partial charge in [-0.25, -0.2) is 0 Å². The van der Waals surface area contributed by atoms with Crippen molar-refractivity contribution >= 4 is 27.6 Å². The van der Waals surface area contributed by atoms with E-state index in [1.54, 1.807) is 6.07 Å². The molecule has 0 aliphatic carbocycles. The van der Waals surface area contributed by atoms with Gasteiger partial charge in [0.05, 0.1) is 5.56 Å². The molecule has 0 unspecified atom stereocenters. The minimum Gasteiger partial charge on any atom is -0.481 e. The molecule has 0 aromatic heterocycles. The maximum absolute atomic E-state index is 12.6. The van der Waals surface area contributed by atoms with E-state index < -0.39 is 17.7 Å². The second-order valence-corrected chi connectivity index (χ2v) is 4.92. The van der Waals surface area contributed by atoms with E-state index in [4.69, 9.17) is 5.11 Å². The summed E-state index contributed by atoms with van der Waals surface area (Å²) < 4.78 is 38.0. The van der Waals surface area contributed by atoms with Gasteiger partial charge < -0.3 is 10.4 Å².